The molecule has 1 atom stereocenters. The van der Waals surface area contributed by atoms with Gasteiger partial charge in [-0.1, -0.05) is 0 Å². The lowest BCUT2D eigenvalue weighted by atomic mass is 10.1. The molecule has 0 aromatic heterocycles. The minimum Gasteiger partial charge on any atom is -0.477 e. The normalized spacial score (nSPS) is 27.0. The number of amides is 1. The number of carbonyl (C=O) groups excluding carboxylic acids is 1. The van der Waals surface area contributed by atoms with E-state index in [2.05, 4.69) is 0 Å². The number of carboxylic acid groups (broad SMARTS) is 1. The van der Waals surface area contributed by atoms with Gasteiger partial charge in [-0.05, 0) is 12.5 Å². The molecule has 2 heterocycles. The van der Waals surface area contributed by atoms with E-state index in [1.54, 1.807) is 18.7 Å². The van der Waals surface area contributed by atoms with Gasteiger partial charge in [-0.15, -0.1) is 11.8 Å². The van der Waals surface area contributed by atoms with Gasteiger partial charge in [-0.3, -0.25) is 9.69 Å². The molecular formula is C8H9NO3S. The lowest BCUT2D eigenvalue weighted by Crippen LogP contribution is -2.53. The fourth-order valence-electron chi connectivity index (χ4n) is 1.57. The molecule has 1 fully saturated rings. The molecule has 0 bridgehead atoms. The van der Waals surface area contributed by atoms with E-state index in [1.165, 1.54) is 4.90 Å². The second-order valence-corrected chi connectivity index (χ2v) is 4.33. The first-order valence-corrected chi connectivity index (χ1v) is 5.03. The van der Waals surface area contributed by atoms with Crippen LogP contribution in [0.3, 0.4) is 0 Å². The molecule has 1 saturated heterocycles. The maximum absolute atomic E-state index is 11.1. The fraction of sp³-hybridized carbons (Fsp3) is 0.500. The zero-order valence-electron chi connectivity index (χ0n) is 7.11. The summed E-state index contributed by atoms with van der Waals surface area (Å²) < 4.78 is 0. The first-order chi connectivity index (χ1) is 6.11. The molecular weight excluding hydrogens is 190 g/mol. The van der Waals surface area contributed by atoms with Crippen LogP contribution < -0.4 is 0 Å². The van der Waals surface area contributed by atoms with Gasteiger partial charge in [0.05, 0.1) is 11.8 Å². The Morgan fingerprint density at radius 3 is 2.85 bits per heavy atom. The van der Waals surface area contributed by atoms with Crippen LogP contribution in [0.5, 0.6) is 0 Å². The summed E-state index contributed by atoms with van der Waals surface area (Å²) in [6.07, 6.45) is 0.481. The molecule has 5 heteroatoms. The maximum atomic E-state index is 11.1. The second kappa shape index (κ2) is 2.77. The van der Waals surface area contributed by atoms with E-state index in [4.69, 9.17) is 5.11 Å². The van der Waals surface area contributed by atoms with Crippen LogP contribution in [0, 0.1) is 0 Å². The Morgan fingerprint density at radius 1 is 1.69 bits per heavy atom. The van der Waals surface area contributed by atoms with Crippen LogP contribution in [0.25, 0.3) is 0 Å². The van der Waals surface area contributed by atoms with Crippen molar-refractivity contribution in [3.8, 4) is 0 Å². The third kappa shape index (κ3) is 1.14. The summed E-state index contributed by atoms with van der Waals surface area (Å²) in [6, 6.07) is 0. The highest BCUT2D eigenvalue weighted by atomic mass is 32.2. The van der Waals surface area contributed by atoms with Crippen molar-refractivity contribution < 1.29 is 14.7 Å². The SMILES string of the molecule is CC1=C(C(=O)O)N2C(=O)C[C@H]2SC1. The number of aliphatic carboxylic acids is 1. The van der Waals surface area contributed by atoms with E-state index in [-0.39, 0.29) is 17.0 Å². The third-order valence-corrected chi connectivity index (χ3v) is 3.61. The number of carbonyl (C=O) groups is 2. The average molecular weight is 199 g/mol. The largest absolute Gasteiger partial charge is 0.477 e. The molecule has 0 aromatic carbocycles. The standard InChI is InChI=1S/C8H9NO3S/c1-4-3-13-6-2-5(10)9(6)7(4)8(11)12/h6H,2-3H2,1H3,(H,11,12)/t6-/m1/s1. The monoisotopic (exact) mass is 199 g/mol. The van der Waals surface area contributed by atoms with Gasteiger partial charge in [0.2, 0.25) is 5.91 Å². The number of carboxylic acids is 1. The molecule has 0 radical (unpaired) electrons. The molecule has 0 aliphatic carbocycles. The van der Waals surface area contributed by atoms with E-state index in [9.17, 15) is 9.59 Å². The van der Waals surface area contributed by atoms with Crippen molar-refractivity contribution >= 4 is 23.6 Å². The molecule has 4 nitrogen and oxygen atoms in total. The number of thioether (sulfide) groups is 1. The molecule has 13 heavy (non-hydrogen) atoms. The molecule has 2 rings (SSSR count). The number of β-lactam (4-membered cyclic amide) rings is 1. The summed E-state index contributed by atoms with van der Waals surface area (Å²) in [4.78, 5) is 23.4. The Hall–Kier alpha value is -0.970. The van der Waals surface area contributed by atoms with Gasteiger partial charge in [0.25, 0.3) is 0 Å². The summed E-state index contributed by atoms with van der Waals surface area (Å²) >= 11 is 1.63. The van der Waals surface area contributed by atoms with Crippen molar-refractivity contribution in [2.24, 2.45) is 0 Å². The minimum atomic E-state index is -0.990. The number of hydrogen-bond acceptors (Lipinski definition) is 3. The minimum absolute atomic E-state index is 0.0716. The Kier molecular flexibility index (Phi) is 1.83. The van der Waals surface area contributed by atoms with E-state index >= 15 is 0 Å². The van der Waals surface area contributed by atoms with E-state index < -0.39 is 5.97 Å². The van der Waals surface area contributed by atoms with Crippen molar-refractivity contribution in [3.05, 3.63) is 11.3 Å². The van der Waals surface area contributed by atoms with E-state index in [1.807, 2.05) is 0 Å². The topological polar surface area (TPSA) is 57.6 Å². The maximum Gasteiger partial charge on any atom is 0.352 e. The van der Waals surface area contributed by atoms with Crippen LogP contribution in [-0.4, -0.2) is 33.0 Å². The quantitative estimate of drug-likeness (QED) is 0.630. The van der Waals surface area contributed by atoms with Crippen molar-refractivity contribution in [3.63, 3.8) is 0 Å². The molecule has 0 saturated carbocycles. The Labute approximate surface area is 79.6 Å². The summed E-state index contributed by atoms with van der Waals surface area (Å²) in [7, 11) is 0. The van der Waals surface area contributed by atoms with Crippen molar-refractivity contribution in [1.82, 2.24) is 4.90 Å². The van der Waals surface area contributed by atoms with Gasteiger partial charge in [-0.2, -0.15) is 0 Å². The van der Waals surface area contributed by atoms with E-state index in [0.717, 1.165) is 11.3 Å². The van der Waals surface area contributed by atoms with Gasteiger partial charge < -0.3 is 5.11 Å². The number of fused-ring (bicyclic) bond motifs is 1. The number of hydrogen-bond donors (Lipinski definition) is 1. The Balaban J connectivity index is 2.37. The van der Waals surface area contributed by atoms with Crippen LogP contribution in [-0.2, 0) is 9.59 Å². The highest BCUT2D eigenvalue weighted by molar-refractivity contribution is 8.00. The highest BCUT2D eigenvalue weighted by Crippen LogP contribution is 2.39. The fourth-order valence-corrected chi connectivity index (χ4v) is 2.78. The predicted octanol–water partition coefficient (Wildman–Crippen LogP) is 0.650. The molecule has 1 amide bonds. The molecule has 0 spiro atoms. The van der Waals surface area contributed by atoms with Crippen LogP contribution in [0.1, 0.15) is 13.3 Å². The molecule has 2 aliphatic rings. The number of nitrogens with zero attached hydrogens (tertiary/aromatic N) is 1. The molecule has 0 aromatic rings. The average Bonchev–Trinajstić information content (AvgIpc) is 2.05. The summed E-state index contributed by atoms with van der Waals surface area (Å²) in [5.74, 6) is -0.347. The second-order valence-electron chi connectivity index (χ2n) is 3.17. The van der Waals surface area contributed by atoms with Crippen molar-refractivity contribution in [1.29, 1.82) is 0 Å². The summed E-state index contributed by atoms with van der Waals surface area (Å²) in [5, 5.41) is 8.96. The van der Waals surface area contributed by atoms with Crippen LogP contribution in [0.15, 0.2) is 11.3 Å². The highest BCUT2D eigenvalue weighted by Gasteiger charge is 2.44. The van der Waals surface area contributed by atoms with Gasteiger partial charge >= 0.3 is 5.97 Å². The van der Waals surface area contributed by atoms with Gasteiger partial charge in [0.15, 0.2) is 0 Å². The lowest BCUT2D eigenvalue weighted by Gasteiger charge is -2.43. The molecule has 0 unspecified atom stereocenters. The zero-order chi connectivity index (χ0) is 9.59. The summed E-state index contributed by atoms with van der Waals surface area (Å²) in [6.45, 7) is 1.76. The van der Waals surface area contributed by atoms with Gasteiger partial charge in [0, 0.05) is 5.75 Å². The molecule has 2 aliphatic heterocycles. The van der Waals surface area contributed by atoms with Crippen LogP contribution in [0.4, 0.5) is 0 Å². The zero-order valence-corrected chi connectivity index (χ0v) is 7.93. The van der Waals surface area contributed by atoms with Gasteiger partial charge in [-0.25, -0.2) is 4.79 Å². The summed E-state index contributed by atoms with van der Waals surface area (Å²) in [5.41, 5.74) is 0.974. The Bertz CT molecular complexity index is 323. The smallest absolute Gasteiger partial charge is 0.352 e. The first kappa shape index (κ1) is 8.62. The third-order valence-electron chi connectivity index (χ3n) is 2.25. The van der Waals surface area contributed by atoms with Crippen LogP contribution >= 0.6 is 11.8 Å². The molecule has 1 N–H and O–H groups in total. The lowest BCUT2D eigenvalue weighted by molar-refractivity contribution is -0.146. The van der Waals surface area contributed by atoms with E-state index in [0.29, 0.717) is 6.42 Å². The van der Waals surface area contributed by atoms with Crippen LogP contribution in [0.2, 0.25) is 0 Å². The number of rotatable bonds is 1. The van der Waals surface area contributed by atoms with Crippen molar-refractivity contribution in [2.75, 3.05) is 5.75 Å². The molecule has 70 valence electrons. The van der Waals surface area contributed by atoms with Gasteiger partial charge in [0.1, 0.15) is 5.70 Å². The Morgan fingerprint density at radius 2 is 2.38 bits per heavy atom. The van der Waals surface area contributed by atoms with Crippen molar-refractivity contribution in [2.45, 2.75) is 18.7 Å². The predicted molar refractivity (Wildman–Crippen MR) is 48.0 cm³/mol. The first-order valence-electron chi connectivity index (χ1n) is 3.98.